The van der Waals surface area contributed by atoms with E-state index < -0.39 is 78.0 Å². The standard InChI is InChI=1S/C29H27ClF7N3O3/c1-17(6-9-23(41)40-15-28(33,34)16-40)38-26(43)27(32)10-3-12-39(13-11-27)25(42)19-8-7-18(29(35,36)37)14-20(19)24-21(30)4-2-5-22(24)31/h2,4-9,14,17H,3,10-13,15-16H2,1H3,(H,38,43)/b9-6+/t17-,27-/m1/s1. The van der Waals surface area contributed by atoms with Gasteiger partial charge in [-0.15, -0.1) is 0 Å². The summed E-state index contributed by atoms with van der Waals surface area (Å²) in [5.41, 5.74) is -4.59. The SMILES string of the molecule is C[C@H](/C=C/C(=O)N1CC(F)(F)C1)NC(=O)[C@@]1(F)CCCN(C(=O)c2ccc(C(F)(F)F)cc2-c2c(F)cccc2Cl)CC1. The molecule has 2 fully saturated rings. The van der Waals surface area contributed by atoms with E-state index in [1.54, 1.807) is 0 Å². The van der Waals surface area contributed by atoms with Gasteiger partial charge in [0.05, 0.1) is 23.7 Å². The van der Waals surface area contributed by atoms with Crippen LogP contribution < -0.4 is 5.32 Å². The monoisotopic (exact) mass is 633 g/mol. The van der Waals surface area contributed by atoms with E-state index >= 15 is 4.39 Å². The molecule has 0 radical (unpaired) electrons. The van der Waals surface area contributed by atoms with Gasteiger partial charge in [-0.1, -0.05) is 23.7 Å². The Morgan fingerprint density at radius 2 is 1.72 bits per heavy atom. The van der Waals surface area contributed by atoms with E-state index in [0.717, 1.165) is 23.1 Å². The second kappa shape index (κ2) is 12.2. The number of likely N-dealkylation sites (tertiary alicyclic amines) is 2. The van der Waals surface area contributed by atoms with Crippen LogP contribution in [0.3, 0.4) is 0 Å². The lowest BCUT2D eigenvalue weighted by atomic mass is 9.95. The van der Waals surface area contributed by atoms with Gasteiger partial charge in [0.1, 0.15) is 5.82 Å². The van der Waals surface area contributed by atoms with Crippen molar-refractivity contribution >= 4 is 29.3 Å². The fraction of sp³-hybridized carbons (Fsp3) is 0.414. The van der Waals surface area contributed by atoms with Crippen LogP contribution in [0.25, 0.3) is 11.1 Å². The first kappa shape index (κ1) is 32.3. The van der Waals surface area contributed by atoms with Crippen molar-refractivity contribution in [1.82, 2.24) is 15.1 Å². The van der Waals surface area contributed by atoms with Crippen LogP contribution in [0.5, 0.6) is 0 Å². The number of nitrogens with zero attached hydrogens (tertiary/aromatic N) is 2. The van der Waals surface area contributed by atoms with Crippen LogP contribution in [0.15, 0.2) is 48.6 Å². The number of rotatable bonds is 6. The third kappa shape index (κ3) is 7.31. The van der Waals surface area contributed by atoms with Gasteiger partial charge in [0, 0.05) is 42.8 Å². The van der Waals surface area contributed by atoms with Gasteiger partial charge in [-0.05, 0) is 55.7 Å². The number of hydrogen-bond acceptors (Lipinski definition) is 3. The summed E-state index contributed by atoms with van der Waals surface area (Å²) in [7, 11) is 0. The smallest absolute Gasteiger partial charge is 0.347 e. The molecule has 2 heterocycles. The molecular formula is C29H27ClF7N3O3. The van der Waals surface area contributed by atoms with Crippen molar-refractivity contribution in [3.63, 3.8) is 0 Å². The van der Waals surface area contributed by atoms with Gasteiger partial charge in [0.2, 0.25) is 5.91 Å². The molecule has 2 saturated heterocycles. The number of amides is 3. The average molecular weight is 634 g/mol. The molecule has 43 heavy (non-hydrogen) atoms. The fourth-order valence-corrected chi connectivity index (χ4v) is 5.22. The summed E-state index contributed by atoms with van der Waals surface area (Å²) in [6, 6.07) is 4.93. The Labute approximate surface area is 247 Å². The number of benzene rings is 2. The first-order valence-corrected chi connectivity index (χ1v) is 13.7. The van der Waals surface area contributed by atoms with Crippen LogP contribution in [0, 0.1) is 5.82 Å². The van der Waals surface area contributed by atoms with Crippen molar-refractivity contribution in [3.05, 3.63) is 70.5 Å². The quantitative estimate of drug-likeness (QED) is 0.312. The van der Waals surface area contributed by atoms with E-state index in [4.69, 9.17) is 11.6 Å². The fourth-order valence-electron chi connectivity index (χ4n) is 4.95. The summed E-state index contributed by atoms with van der Waals surface area (Å²) < 4.78 is 97.0. The Morgan fingerprint density at radius 1 is 1.02 bits per heavy atom. The molecule has 3 amide bonds. The molecule has 4 rings (SSSR count). The molecule has 0 bridgehead atoms. The van der Waals surface area contributed by atoms with E-state index in [1.807, 2.05) is 0 Å². The maximum Gasteiger partial charge on any atom is 0.416 e. The zero-order chi connectivity index (χ0) is 31.7. The highest BCUT2D eigenvalue weighted by atomic mass is 35.5. The summed E-state index contributed by atoms with van der Waals surface area (Å²) in [6.45, 7) is -0.266. The molecule has 2 aliphatic rings. The Bertz CT molecular complexity index is 1420. The van der Waals surface area contributed by atoms with Crippen LogP contribution in [0.1, 0.15) is 42.1 Å². The molecule has 0 unspecified atom stereocenters. The predicted molar refractivity (Wildman–Crippen MR) is 144 cm³/mol. The third-order valence-corrected chi connectivity index (χ3v) is 7.64. The van der Waals surface area contributed by atoms with E-state index in [9.17, 15) is 40.7 Å². The van der Waals surface area contributed by atoms with Crippen molar-refractivity contribution in [3.8, 4) is 11.1 Å². The molecule has 2 aromatic carbocycles. The van der Waals surface area contributed by atoms with Crippen molar-refractivity contribution in [2.75, 3.05) is 26.2 Å². The lowest BCUT2D eigenvalue weighted by molar-refractivity contribution is -0.160. The van der Waals surface area contributed by atoms with E-state index in [2.05, 4.69) is 5.32 Å². The molecule has 6 nitrogen and oxygen atoms in total. The number of nitrogens with one attached hydrogen (secondary N) is 1. The van der Waals surface area contributed by atoms with Crippen LogP contribution in [-0.4, -0.2) is 71.3 Å². The van der Waals surface area contributed by atoms with Gasteiger partial charge in [-0.25, -0.2) is 17.6 Å². The van der Waals surface area contributed by atoms with Gasteiger partial charge >= 0.3 is 6.18 Å². The Hall–Kier alpha value is -3.61. The Kier molecular flexibility index (Phi) is 9.15. The van der Waals surface area contributed by atoms with Crippen molar-refractivity contribution in [2.24, 2.45) is 0 Å². The molecule has 14 heteroatoms. The lowest BCUT2D eigenvalue weighted by Gasteiger charge is -2.38. The van der Waals surface area contributed by atoms with E-state index in [0.29, 0.717) is 12.1 Å². The molecule has 1 N–H and O–H groups in total. The average Bonchev–Trinajstić information content (AvgIpc) is 3.12. The highest BCUT2D eigenvalue weighted by Gasteiger charge is 2.46. The van der Waals surface area contributed by atoms with Crippen LogP contribution >= 0.6 is 11.6 Å². The van der Waals surface area contributed by atoms with Crippen LogP contribution in [-0.2, 0) is 15.8 Å². The summed E-state index contributed by atoms with van der Waals surface area (Å²) in [4.78, 5) is 40.4. The normalized spacial score (nSPS) is 21.2. The van der Waals surface area contributed by atoms with Crippen molar-refractivity contribution in [1.29, 1.82) is 0 Å². The molecule has 0 aliphatic carbocycles. The maximum atomic E-state index is 15.8. The van der Waals surface area contributed by atoms with Gasteiger partial charge in [-0.2, -0.15) is 13.2 Å². The third-order valence-electron chi connectivity index (χ3n) is 7.32. The number of carbonyl (C=O) groups is 3. The zero-order valence-corrected chi connectivity index (χ0v) is 23.5. The summed E-state index contributed by atoms with van der Waals surface area (Å²) in [5.74, 6) is -6.35. The number of hydrogen-bond donors (Lipinski definition) is 1. The highest BCUT2D eigenvalue weighted by Crippen LogP contribution is 2.39. The van der Waals surface area contributed by atoms with E-state index in [-0.39, 0.29) is 42.1 Å². The predicted octanol–water partition coefficient (Wildman–Crippen LogP) is 6.04. The Morgan fingerprint density at radius 3 is 2.35 bits per heavy atom. The van der Waals surface area contributed by atoms with Crippen molar-refractivity contribution < 1.29 is 45.1 Å². The molecule has 0 spiro atoms. The minimum atomic E-state index is -4.79. The summed E-state index contributed by atoms with van der Waals surface area (Å²) in [5, 5.41) is 2.21. The number of halogens is 8. The highest BCUT2D eigenvalue weighted by molar-refractivity contribution is 6.33. The second-order valence-electron chi connectivity index (χ2n) is 10.6. The van der Waals surface area contributed by atoms with E-state index in [1.165, 1.54) is 30.0 Å². The molecule has 0 aromatic heterocycles. The summed E-state index contributed by atoms with van der Waals surface area (Å²) in [6.07, 6.45) is -3.23. The molecule has 2 aromatic rings. The van der Waals surface area contributed by atoms with Crippen LogP contribution in [0.4, 0.5) is 30.7 Å². The first-order chi connectivity index (χ1) is 20.0. The molecule has 2 atom stereocenters. The lowest BCUT2D eigenvalue weighted by Crippen LogP contribution is -2.58. The second-order valence-corrected chi connectivity index (χ2v) is 11.0. The first-order valence-electron chi connectivity index (χ1n) is 13.3. The minimum Gasteiger partial charge on any atom is -0.347 e. The number of carbonyl (C=O) groups excluding carboxylic acids is 3. The molecule has 232 valence electrons. The Balaban J connectivity index is 1.47. The van der Waals surface area contributed by atoms with Crippen LogP contribution in [0.2, 0.25) is 5.02 Å². The van der Waals surface area contributed by atoms with Gasteiger partial charge in [0.15, 0.2) is 5.67 Å². The number of alkyl halides is 6. The largest absolute Gasteiger partial charge is 0.416 e. The molecule has 0 saturated carbocycles. The van der Waals surface area contributed by atoms with Gasteiger partial charge in [-0.3, -0.25) is 14.4 Å². The molecular weight excluding hydrogens is 607 g/mol. The van der Waals surface area contributed by atoms with Gasteiger partial charge < -0.3 is 15.1 Å². The van der Waals surface area contributed by atoms with Gasteiger partial charge in [0.25, 0.3) is 17.7 Å². The molecule has 2 aliphatic heterocycles. The topological polar surface area (TPSA) is 69.7 Å². The maximum absolute atomic E-state index is 15.8. The van der Waals surface area contributed by atoms with Crippen molar-refractivity contribution in [2.45, 2.75) is 50.0 Å². The zero-order valence-electron chi connectivity index (χ0n) is 22.8. The minimum absolute atomic E-state index is 0.0258. The summed E-state index contributed by atoms with van der Waals surface area (Å²) >= 11 is 6.11.